The highest BCUT2D eigenvalue weighted by Crippen LogP contribution is 2.59. The Morgan fingerprint density at radius 2 is 2.00 bits per heavy atom. The highest BCUT2D eigenvalue weighted by Gasteiger charge is 2.65. The van der Waals surface area contributed by atoms with Gasteiger partial charge in [-0.15, -0.1) is 0 Å². The van der Waals surface area contributed by atoms with Gasteiger partial charge < -0.3 is 14.2 Å². The number of ether oxygens (including phenoxy) is 3. The van der Waals surface area contributed by atoms with Gasteiger partial charge in [0.05, 0.1) is 17.8 Å². The molecule has 4 fully saturated rings. The number of hydrogen-bond acceptors (Lipinski definition) is 4. The largest absolute Gasteiger partial charge is 0.459 e. The van der Waals surface area contributed by atoms with Crippen LogP contribution in [0.15, 0.2) is 12.2 Å². The standard InChI is InChI=1S/C22H34O4/c1-12(2)15-8-7-13(3)18-16-11-22(6)17(24-14(4)23)9-10-21(5,26-22)20(25-16)19(15)18/h12,15-20H,3,7-11H2,1-2,4-6H3/t15?,16-,17+,18+,19+,20-,21-,22+/m1/s1. The first-order valence-corrected chi connectivity index (χ1v) is 10.3. The first-order valence-electron chi connectivity index (χ1n) is 10.3. The maximum Gasteiger partial charge on any atom is 0.303 e. The molecule has 3 saturated heterocycles. The van der Waals surface area contributed by atoms with Crippen LogP contribution in [-0.2, 0) is 19.0 Å². The van der Waals surface area contributed by atoms with Gasteiger partial charge in [-0.1, -0.05) is 26.0 Å². The summed E-state index contributed by atoms with van der Waals surface area (Å²) in [5, 5.41) is 0. The Morgan fingerprint density at radius 1 is 1.27 bits per heavy atom. The summed E-state index contributed by atoms with van der Waals surface area (Å²) in [7, 11) is 0. The summed E-state index contributed by atoms with van der Waals surface area (Å²) in [5.41, 5.74) is 0.564. The normalized spacial score (nSPS) is 50.3. The molecule has 4 bridgehead atoms. The first kappa shape index (κ1) is 18.5. The topological polar surface area (TPSA) is 44.8 Å². The van der Waals surface area contributed by atoms with Crippen LogP contribution < -0.4 is 0 Å². The molecule has 0 aromatic carbocycles. The van der Waals surface area contributed by atoms with Crippen molar-refractivity contribution in [3.8, 4) is 0 Å². The molecule has 0 radical (unpaired) electrons. The van der Waals surface area contributed by atoms with Crippen molar-refractivity contribution in [2.75, 3.05) is 0 Å². The van der Waals surface area contributed by atoms with Gasteiger partial charge in [0, 0.05) is 19.3 Å². The van der Waals surface area contributed by atoms with Gasteiger partial charge in [-0.2, -0.15) is 0 Å². The van der Waals surface area contributed by atoms with Crippen molar-refractivity contribution in [1.82, 2.24) is 0 Å². The van der Waals surface area contributed by atoms with Crippen LogP contribution in [0.2, 0.25) is 0 Å². The van der Waals surface area contributed by atoms with Gasteiger partial charge in [-0.25, -0.2) is 0 Å². The molecule has 3 aliphatic heterocycles. The molecular formula is C22H34O4. The number of fused-ring (bicyclic) bond motifs is 8. The van der Waals surface area contributed by atoms with Crippen molar-refractivity contribution in [2.24, 2.45) is 23.7 Å². The lowest BCUT2D eigenvalue weighted by atomic mass is 9.59. The maximum absolute atomic E-state index is 11.6. The fraction of sp³-hybridized carbons (Fsp3) is 0.864. The van der Waals surface area contributed by atoms with Gasteiger partial charge >= 0.3 is 5.97 Å². The van der Waals surface area contributed by atoms with Crippen LogP contribution in [0.5, 0.6) is 0 Å². The van der Waals surface area contributed by atoms with E-state index < -0.39 is 5.60 Å². The molecule has 26 heavy (non-hydrogen) atoms. The third-order valence-corrected chi connectivity index (χ3v) is 7.67. The highest BCUT2D eigenvalue weighted by molar-refractivity contribution is 5.66. The van der Waals surface area contributed by atoms with E-state index in [0.717, 1.165) is 25.7 Å². The summed E-state index contributed by atoms with van der Waals surface area (Å²) in [6, 6.07) is 0. The molecule has 0 aromatic rings. The summed E-state index contributed by atoms with van der Waals surface area (Å²) >= 11 is 0. The number of rotatable bonds is 2. The SMILES string of the molecule is C=C1CCC(C(C)C)[C@H]2[C@@H]1[C@H]1C[C@]3(C)O[C@](C)(CC[C@@H]3OC(C)=O)[C@@H]2O1. The number of carbonyl (C=O) groups excluding carboxylic acids is 1. The van der Waals surface area contributed by atoms with Gasteiger partial charge in [0.25, 0.3) is 0 Å². The van der Waals surface area contributed by atoms with Crippen molar-refractivity contribution in [3.05, 3.63) is 12.2 Å². The lowest BCUT2D eigenvalue weighted by Crippen LogP contribution is -2.61. The lowest BCUT2D eigenvalue weighted by Gasteiger charge is -2.53. The zero-order valence-corrected chi connectivity index (χ0v) is 16.9. The second kappa shape index (κ2) is 6.07. The Bertz CT molecular complexity index is 613. The number of hydrogen-bond donors (Lipinski definition) is 0. The minimum Gasteiger partial charge on any atom is -0.459 e. The molecule has 8 atom stereocenters. The smallest absolute Gasteiger partial charge is 0.303 e. The van der Waals surface area contributed by atoms with Crippen LogP contribution in [0.4, 0.5) is 0 Å². The predicted molar refractivity (Wildman–Crippen MR) is 99.6 cm³/mol. The Kier molecular flexibility index (Phi) is 4.31. The number of carbonyl (C=O) groups is 1. The second-order valence-electron chi connectivity index (χ2n) is 9.87. The molecule has 0 amide bonds. The van der Waals surface area contributed by atoms with Crippen LogP contribution >= 0.6 is 0 Å². The van der Waals surface area contributed by atoms with Crippen molar-refractivity contribution in [2.45, 2.75) is 96.2 Å². The summed E-state index contributed by atoms with van der Waals surface area (Å²) in [5.74, 6) is 2.00. The third-order valence-electron chi connectivity index (χ3n) is 7.67. The molecule has 4 rings (SSSR count). The van der Waals surface area contributed by atoms with Crippen molar-refractivity contribution in [3.63, 3.8) is 0 Å². The van der Waals surface area contributed by atoms with Crippen LogP contribution in [0, 0.1) is 23.7 Å². The van der Waals surface area contributed by atoms with Gasteiger partial charge in [-0.05, 0) is 57.3 Å². The first-order chi connectivity index (χ1) is 12.1. The molecule has 0 N–H and O–H groups in total. The van der Waals surface area contributed by atoms with Gasteiger partial charge in [0.15, 0.2) is 0 Å². The van der Waals surface area contributed by atoms with E-state index in [1.807, 2.05) is 0 Å². The van der Waals surface area contributed by atoms with E-state index in [0.29, 0.717) is 23.7 Å². The zero-order valence-electron chi connectivity index (χ0n) is 16.9. The van der Waals surface area contributed by atoms with Gasteiger partial charge in [0.2, 0.25) is 0 Å². The predicted octanol–water partition coefficient (Wildman–Crippen LogP) is 4.27. The Morgan fingerprint density at radius 3 is 2.65 bits per heavy atom. The summed E-state index contributed by atoms with van der Waals surface area (Å²) in [6.45, 7) is 15.0. The average Bonchev–Trinajstić information content (AvgIpc) is 2.86. The van der Waals surface area contributed by atoms with E-state index in [1.54, 1.807) is 0 Å². The fourth-order valence-electron chi connectivity index (χ4n) is 6.57. The average molecular weight is 363 g/mol. The molecule has 0 spiro atoms. The quantitative estimate of drug-likeness (QED) is 0.543. The minimum atomic E-state index is -0.478. The molecule has 1 saturated carbocycles. The van der Waals surface area contributed by atoms with Gasteiger partial charge in [-0.3, -0.25) is 4.79 Å². The zero-order chi connectivity index (χ0) is 18.9. The third kappa shape index (κ3) is 2.67. The molecule has 4 aliphatic rings. The van der Waals surface area contributed by atoms with Crippen LogP contribution in [0.1, 0.15) is 66.7 Å². The van der Waals surface area contributed by atoms with E-state index >= 15 is 0 Å². The molecule has 4 heteroatoms. The lowest BCUT2D eigenvalue weighted by molar-refractivity contribution is -0.251. The van der Waals surface area contributed by atoms with Gasteiger partial charge in [0.1, 0.15) is 11.7 Å². The van der Waals surface area contributed by atoms with Crippen molar-refractivity contribution >= 4 is 5.97 Å². The van der Waals surface area contributed by atoms with E-state index in [1.165, 1.54) is 18.9 Å². The molecule has 3 heterocycles. The summed E-state index contributed by atoms with van der Waals surface area (Å²) < 4.78 is 19.1. The number of esters is 1. The highest BCUT2D eigenvalue weighted by atomic mass is 16.6. The monoisotopic (exact) mass is 362 g/mol. The van der Waals surface area contributed by atoms with E-state index in [2.05, 4.69) is 34.3 Å². The Labute approximate surface area is 157 Å². The summed E-state index contributed by atoms with van der Waals surface area (Å²) in [4.78, 5) is 11.6. The van der Waals surface area contributed by atoms with E-state index in [-0.39, 0.29) is 29.9 Å². The van der Waals surface area contributed by atoms with Crippen molar-refractivity contribution < 1.29 is 19.0 Å². The molecule has 0 aromatic heterocycles. The maximum atomic E-state index is 11.6. The van der Waals surface area contributed by atoms with Crippen LogP contribution in [0.3, 0.4) is 0 Å². The Hall–Kier alpha value is -0.870. The van der Waals surface area contributed by atoms with Crippen LogP contribution in [-0.4, -0.2) is 35.5 Å². The molecular weight excluding hydrogens is 328 g/mol. The molecule has 4 nitrogen and oxygen atoms in total. The van der Waals surface area contributed by atoms with Crippen LogP contribution in [0.25, 0.3) is 0 Å². The van der Waals surface area contributed by atoms with E-state index in [9.17, 15) is 4.79 Å². The summed E-state index contributed by atoms with van der Waals surface area (Å²) in [6.07, 6.45) is 4.88. The van der Waals surface area contributed by atoms with E-state index in [4.69, 9.17) is 14.2 Å². The molecule has 1 unspecified atom stereocenters. The molecule has 1 aliphatic carbocycles. The fourth-order valence-corrected chi connectivity index (χ4v) is 6.57. The molecule has 146 valence electrons. The second-order valence-corrected chi connectivity index (χ2v) is 9.87. The Balaban J connectivity index is 1.72. The minimum absolute atomic E-state index is 0.113. The van der Waals surface area contributed by atoms with Crippen molar-refractivity contribution in [1.29, 1.82) is 0 Å².